The Hall–Kier alpha value is -2.03. The Kier molecular flexibility index (Phi) is 6.90. The fourth-order valence-electron chi connectivity index (χ4n) is 1.66. The highest BCUT2D eigenvalue weighted by Crippen LogP contribution is 2.11. The van der Waals surface area contributed by atoms with Crippen molar-refractivity contribution >= 4 is 11.9 Å². The Labute approximate surface area is 125 Å². The van der Waals surface area contributed by atoms with Gasteiger partial charge in [0.05, 0.1) is 12.5 Å². The van der Waals surface area contributed by atoms with Crippen LogP contribution in [-0.2, 0) is 11.3 Å². The Balaban J connectivity index is 2.27. The summed E-state index contributed by atoms with van der Waals surface area (Å²) in [4.78, 5) is 24.5. The molecule has 6 nitrogen and oxygen atoms in total. The van der Waals surface area contributed by atoms with E-state index < -0.39 is 24.7 Å². The number of carbonyl (C=O) groups is 2. The minimum atomic E-state index is -4.51. The van der Waals surface area contributed by atoms with Gasteiger partial charge in [-0.3, -0.25) is 15.0 Å². The normalized spacial score (nSPS) is 11.5. The first-order valence-electron chi connectivity index (χ1n) is 6.68. The van der Waals surface area contributed by atoms with E-state index in [1.165, 1.54) is 0 Å². The van der Waals surface area contributed by atoms with Crippen LogP contribution in [0.4, 0.5) is 18.0 Å². The lowest BCUT2D eigenvalue weighted by molar-refractivity contribution is -0.124. The summed E-state index contributed by atoms with van der Waals surface area (Å²) in [6.45, 7) is 2.07. The van der Waals surface area contributed by atoms with Gasteiger partial charge in [-0.15, -0.1) is 0 Å². The van der Waals surface area contributed by atoms with Crippen LogP contribution in [0.5, 0.6) is 0 Å². The Bertz CT molecular complexity index is 475. The summed E-state index contributed by atoms with van der Waals surface area (Å²) < 4.78 is 40.6. The number of imide groups is 1. The molecule has 22 heavy (non-hydrogen) atoms. The van der Waals surface area contributed by atoms with Gasteiger partial charge in [0.15, 0.2) is 0 Å². The molecule has 0 saturated heterocycles. The third-order valence-corrected chi connectivity index (χ3v) is 2.79. The van der Waals surface area contributed by atoms with Crippen LogP contribution in [0.3, 0.4) is 0 Å². The van der Waals surface area contributed by atoms with E-state index in [4.69, 9.17) is 4.42 Å². The van der Waals surface area contributed by atoms with Gasteiger partial charge in [-0.2, -0.15) is 13.2 Å². The Morgan fingerprint density at radius 2 is 2.09 bits per heavy atom. The minimum Gasteiger partial charge on any atom is -0.472 e. The van der Waals surface area contributed by atoms with Crippen LogP contribution in [0.1, 0.15) is 18.9 Å². The second-order valence-corrected chi connectivity index (χ2v) is 4.60. The van der Waals surface area contributed by atoms with Gasteiger partial charge >= 0.3 is 12.2 Å². The molecule has 3 amide bonds. The highest BCUT2D eigenvalue weighted by Gasteiger charge is 2.27. The lowest BCUT2D eigenvalue weighted by Gasteiger charge is -2.19. The second kappa shape index (κ2) is 8.42. The third-order valence-electron chi connectivity index (χ3n) is 2.79. The summed E-state index contributed by atoms with van der Waals surface area (Å²) in [5.41, 5.74) is 0.949. The summed E-state index contributed by atoms with van der Waals surface area (Å²) in [5.74, 6) is -0.634. The van der Waals surface area contributed by atoms with Crippen LogP contribution in [-0.4, -0.2) is 42.6 Å². The predicted octanol–water partition coefficient (Wildman–Crippen LogP) is 1.88. The van der Waals surface area contributed by atoms with Crippen LogP contribution in [0, 0.1) is 0 Å². The molecule has 124 valence electrons. The van der Waals surface area contributed by atoms with Crippen LogP contribution in [0.25, 0.3) is 0 Å². The maximum absolute atomic E-state index is 11.9. The number of nitrogens with zero attached hydrogens (tertiary/aromatic N) is 1. The molecule has 0 radical (unpaired) electrons. The number of hydrogen-bond donors (Lipinski definition) is 2. The molecule has 2 N–H and O–H groups in total. The summed E-state index contributed by atoms with van der Waals surface area (Å²) in [7, 11) is 0. The molecule has 0 aromatic carbocycles. The average molecular weight is 321 g/mol. The zero-order valence-corrected chi connectivity index (χ0v) is 12.1. The van der Waals surface area contributed by atoms with Crippen molar-refractivity contribution in [3.8, 4) is 0 Å². The standard InChI is InChI=1S/C13H18F3N3O3/c1-2-19(7-10-4-6-22-8-10)5-3-11(20)18-12(21)17-9-13(14,15)16/h4,6,8H,2-3,5,7,9H2,1H3,(H2,17,18,20,21). The van der Waals surface area contributed by atoms with Gasteiger partial charge in [0.25, 0.3) is 0 Å². The van der Waals surface area contributed by atoms with Crippen molar-refractivity contribution in [2.24, 2.45) is 0 Å². The van der Waals surface area contributed by atoms with E-state index in [0.717, 1.165) is 5.56 Å². The molecule has 0 spiro atoms. The Morgan fingerprint density at radius 1 is 1.36 bits per heavy atom. The number of amides is 3. The molecule has 0 unspecified atom stereocenters. The molecule has 1 heterocycles. The second-order valence-electron chi connectivity index (χ2n) is 4.60. The van der Waals surface area contributed by atoms with Crippen molar-refractivity contribution in [3.05, 3.63) is 24.2 Å². The number of alkyl halides is 3. The lowest BCUT2D eigenvalue weighted by Crippen LogP contribution is -2.44. The number of halogens is 3. The van der Waals surface area contributed by atoms with Crippen molar-refractivity contribution in [3.63, 3.8) is 0 Å². The van der Waals surface area contributed by atoms with E-state index in [1.54, 1.807) is 23.9 Å². The number of rotatable bonds is 7. The number of nitrogens with one attached hydrogen (secondary N) is 2. The summed E-state index contributed by atoms with van der Waals surface area (Å²) in [6, 6.07) is 0.646. The van der Waals surface area contributed by atoms with Gasteiger partial charge in [0, 0.05) is 25.1 Å². The van der Waals surface area contributed by atoms with Crippen molar-refractivity contribution in [2.45, 2.75) is 26.1 Å². The summed E-state index contributed by atoms with van der Waals surface area (Å²) >= 11 is 0. The molecule has 0 bridgehead atoms. The molecule has 9 heteroatoms. The van der Waals surface area contributed by atoms with Crippen molar-refractivity contribution in [2.75, 3.05) is 19.6 Å². The first kappa shape index (κ1) is 18.0. The number of hydrogen-bond acceptors (Lipinski definition) is 4. The van der Waals surface area contributed by atoms with Gasteiger partial charge in [-0.25, -0.2) is 4.79 Å². The maximum Gasteiger partial charge on any atom is 0.405 e. The van der Waals surface area contributed by atoms with Gasteiger partial charge in [0.2, 0.25) is 5.91 Å². The van der Waals surface area contributed by atoms with Crippen molar-refractivity contribution in [1.29, 1.82) is 0 Å². The molecule has 0 aliphatic carbocycles. The number of carbonyl (C=O) groups excluding carboxylic acids is 2. The molecule has 0 saturated carbocycles. The first-order chi connectivity index (χ1) is 10.3. The molecular weight excluding hydrogens is 303 g/mol. The van der Waals surface area contributed by atoms with E-state index in [2.05, 4.69) is 0 Å². The first-order valence-corrected chi connectivity index (χ1v) is 6.68. The van der Waals surface area contributed by atoms with Crippen molar-refractivity contribution in [1.82, 2.24) is 15.5 Å². The van der Waals surface area contributed by atoms with Crippen molar-refractivity contribution < 1.29 is 27.2 Å². The quantitative estimate of drug-likeness (QED) is 0.804. The maximum atomic E-state index is 11.9. The van der Waals surface area contributed by atoms with Gasteiger partial charge < -0.3 is 9.73 Å². The molecule has 0 aliphatic heterocycles. The van der Waals surface area contributed by atoms with Crippen LogP contribution in [0.2, 0.25) is 0 Å². The van der Waals surface area contributed by atoms with Gasteiger partial charge in [-0.05, 0) is 12.6 Å². The van der Waals surface area contributed by atoms with E-state index >= 15 is 0 Å². The van der Waals surface area contributed by atoms with E-state index in [0.29, 0.717) is 19.6 Å². The van der Waals surface area contributed by atoms with Crippen LogP contribution in [0.15, 0.2) is 23.0 Å². The Morgan fingerprint density at radius 3 is 2.64 bits per heavy atom. The average Bonchev–Trinajstić information content (AvgIpc) is 2.93. The SMILES string of the molecule is CCN(CCC(=O)NC(=O)NCC(F)(F)F)Cc1ccoc1. The topological polar surface area (TPSA) is 74.6 Å². The zero-order chi connectivity index (χ0) is 16.6. The predicted molar refractivity (Wildman–Crippen MR) is 71.9 cm³/mol. The number of furan rings is 1. The van der Waals surface area contributed by atoms with E-state index in [9.17, 15) is 22.8 Å². The van der Waals surface area contributed by atoms with Crippen LogP contribution >= 0.6 is 0 Å². The minimum absolute atomic E-state index is 0.00509. The molecule has 1 rings (SSSR count). The third kappa shape index (κ3) is 7.67. The zero-order valence-electron chi connectivity index (χ0n) is 12.1. The smallest absolute Gasteiger partial charge is 0.405 e. The largest absolute Gasteiger partial charge is 0.472 e. The van der Waals surface area contributed by atoms with E-state index in [1.807, 2.05) is 17.1 Å². The molecule has 0 fully saturated rings. The highest BCUT2D eigenvalue weighted by molar-refractivity contribution is 5.94. The molecule has 1 aromatic rings. The monoisotopic (exact) mass is 321 g/mol. The van der Waals surface area contributed by atoms with E-state index in [-0.39, 0.29) is 6.42 Å². The highest BCUT2D eigenvalue weighted by atomic mass is 19.4. The fraction of sp³-hybridized carbons (Fsp3) is 0.538. The van der Waals surface area contributed by atoms with Gasteiger partial charge in [0.1, 0.15) is 6.54 Å². The van der Waals surface area contributed by atoms with Gasteiger partial charge in [-0.1, -0.05) is 6.92 Å². The summed E-state index contributed by atoms with van der Waals surface area (Å²) in [6.07, 6.45) is -1.37. The molecule has 0 atom stereocenters. The molecule has 0 aliphatic rings. The number of urea groups is 1. The summed E-state index contributed by atoms with van der Waals surface area (Å²) in [5, 5.41) is 3.43. The molecular formula is C13H18F3N3O3. The lowest BCUT2D eigenvalue weighted by atomic mass is 10.3. The fourth-order valence-corrected chi connectivity index (χ4v) is 1.66. The van der Waals surface area contributed by atoms with Crippen LogP contribution < -0.4 is 10.6 Å². The molecule has 1 aromatic heterocycles.